The molecule has 0 aromatic heterocycles. The Labute approximate surface area is 254 Å². The summed E-state index contributed by atoms with van der Waals surface area (Å²) in [5, 5.41) is 0. The lowest BCUT2D eigenvalue weighted by Crippen LogP contribution is -2.52. The molecule has 8 nitrogen and oxygen atoms in total. The van der Waals surface area contributed by atoms with Crippen LogP contribution in [0, 0.1) is 0 Å². The van der Waals surface area contributed by atoms with Crippen molar-refractivity contribution in [1.82, 2.24) is 14.1 Å². The first-order valence-electron chi connectivity index (χ1n) is 14.3. The summed E-state index contributed by atoms with van der Waals surface area (Å²) in [6.45, 7) is 2.14. The standard InChI is InChI=1S/C34H37N3O5S/c1-41-31-19-18-30(24-32(31)42-2)43(39,40)37(25-27-12-6-3-7-13-27)26-33(38)35-20-22-36(23-21-35)34(28-14-8-4-9-15-28)29-16-10-5-11-17-29/h3-19,24,34H,20-23,25-26H2,1-2H3. The van der Waals surface area contributed by atoms with Crippen LogP contribution in [-0.4, -0.2) is 75.4 Å². The molecule has 1 saturated heterocycles. The number of nitrogens with zero attached hydrogens (tertiary/aromatic N) is 3. The second-order valence-electron chi connectivity index (χ2n) is 10.4. The van der Waals surface area contributed by atoms with Crippen molar-refractivity contribution < 1.29 is 22.7 Å². The van der Waals surface area contributed by atoms with Gasteiger partial charge < -0.3 is 14.4 Å². The molecule has 9 heteroatoms. The van der Waals surface area contributed by atoms with Crippen molar-refractivity contribution in [2.75, 3.05) is 46.9 Å². The van der Waals surface area contributed by atoms with E-state index in [9.17, 15) is 13.2 Å². The van der Waals surface area contributed by atoms with E-state index < -0.39 is 10.0 Å². The largest absolute Gasteiger partial charge is 0.493 e. The van der Waals surface area contributed by atoms with Gasteiger partial charge in [-0.05, 0) is 28.8 Å². The van der Waals surface area contributed by atoms with Crippen LogP contribution in [0.1, 0.15) is 22.7 Å². The molecule has 1 fully saturated rings. The highest BCUT2D eigenvalue weighted by Gasteiger charge is 2.32. The van der Waals surface area contributed by atoms with Gasteiger partial charge in [0.15, 0.2) is 11.5 Å². The Morgan fingerprint density at radius 1 is 0.744 bits per heavy atom. The predicted molar refractivity (Wildman–Crippen MR) is 166 cm³/mol. The predicted octanol–water partition coefficient (Wildman–Crippen LogP) is 4.83. The molecule has 4 aromatic carbocycles. The van der Waals surface area contributed by atoms with Crippen molar-refractivity contribution in [3.63, 3.8) is 0 Å². The van der Waals surface area contributed by atoms with Crippen molar-refractivity contribution in [1.29, 1.82) is 0 Å². The summed E-state index contributed by atoms with van der Waals surface area (Å²) in [4.78, 5) is 17.9. The number of hydrogen-bond acceptors (Lipinski definition) is 6. The van der Waals surface area contributed by atoms with Gasteiger partial charge in [0.2, 0.25) is 15.9 Å². The minimum Gasteiger partial charge on any atom is -0.493 e. The van der Waals surface area contributed by atoms with Crippen LogP contribution in [0.15, 0.2) is 114 Å². The molecule has 4 aromatic rings. The molecular weight excluding hydrogens is 562 g/mol. The fraction of sp³-hybridized carbons (Fsp3) is 0.265. The molecule has 224 valence electrons. The van der Waals surface area contributed by atoms with Crippen LogP contribution in [0.5, 0.6) is 11.5 Å². The molecule has 0 radical (unpaired) electrons. The van der Waals surface area contributed by atoms with Crippen LogP contribution >= 0.6 is 0 Å². The zero-order chi connectivity index (χ0) is 30.2. The van der Waals surface area contributed by atoms with Gasteiger partial charge in [-0.25, -0.2) is 8.42 Å². The average molecular weight is 600 g/mol. The summed E-state index contributed by atoms with van der Waals surface area (Å²) >= 11 is 0. The summed E-state index contributed by atoms with van der Waals surface area (Å²) in [5.74, 6) is 0.502. The van der Waals surface area contributed by atoms with Crippen molar-refractivity contribution in [3.8, 4) is 11.5 Å². The Morgan fingerprint density at radius 2 is 1.28 bits per heavy atom. The molecule has 1 aliphatic heterocycles. The average Bonchev–Trinajstić information content (AvgIpc) is 3.06. The van der Waals surface area contributed by atoms with Crippen molar-refractivity contribution in [2.45, 2.75) is 17.5 Å². The van der Waals surface area contributed by atoms with E-state index in [4.69, 9.17) is 9.47 Å². The molecule has 43 heavy (non-hydrogen) atoms. The van der Waals surface area contributed by atoms with Crippen LogP contribution < -0.4 is 9.47 Å². The number of sulfonamides is 1. The van der Waals surface area contributed by atoms with Gasteiger partial charge in [0, 0.05) is 38.8 Å². The fourth-order valence-electron chi connectivity index (χ4n) is 5.50. The van der Waals surface area contributed by atoms with Gasteiger partial charge in [-0.2, -0.15) is 4.31 Å². The van der Waals surface area contributed by atoms with E-state index in [1.54, 1.807) is 11.0 Å². The summed E-state index contributed by atoms with van der Waals surface area (Å²) in [7, 11) is -1.10. The zero-order valence-electron chi connectivity index (χ0n) is 24.5. The van der Waals surface area contributed by atoms with Gasteiger partial charge in [0.05, 0.1) is 31.7 Å². The molecule has 0 saturated carbocycles. The van der Waals surface area contributed by atoms with Crippen LogP contribution in [0.2, 0.25) is 0 Å². The van der Waals surface area contributed by atoms with Crippen LogP contribution in [0.4, 0.5) is 0 Å². The summed E-state index contributed by atoms with van der Waals surface area (Å²) < 4.78 is 39.7. The Bertz CT molecular complexity index is 1550. The van der Waals surface area contributed by atoms with E-state index in [0.29, 0.717) is 37.7 Å². The SMILES string of the molecule is COc1ccc(S(=O)(=O)N(CC(=O)N2CCN(C(c3ccccc3)c3ccccc3)CC2)Cc2ccccc2)cc1OC. The number of benzene rings is 4. The molecule has 0 spiro atoms. The van der Waals surface area contributed by atoms with Gasteiger partial charge in [0.25, 0.3) is 0 Å². The molecular formula is C34H37N3O5S. The Hall–Kier alpha value is -4.18. The molecule has 0 unspecified atom stereocenters. The lowest BCUT2D eigenvalue weighted by molar-refractivity contribution is -0.133. The number of carbonyl (C=O) groups is 1. The van der Waals surface area contributed by atoms with Crippen LogP contribution in [0.3, 0.4) is 0 Å². The number of amides is 1. The highest BCUT2D eigenvalue weighted by molar-refractivity contribution is 7.89. The lowest BCUT2D eigenvalue weighted by Gasteiger charge is -2.40. The third-order valence-corrected chi connectivity index (χ3v) is 9.56. The van der Waals surface area contributed by atoms with Gasteiger partial charge in [-0.3, -0.25) is 9.69 Å². The molecule has 0 bridgehead atoms. The maximum absolute atomic E-state index is 13.9. The maximum Gasteiger partial charge on any atom is 0.243 e. The van der Waals surface area contributed by atoms with Crippen molar-refractivity contribution in [2.24, 2.45) is 0 Å². The minimum atomic E-state index is -4.05. The highest BCUT2D eigenvalue weighted by Crippen LogP contribution is 2.32. The number of hydrogen-bond donors (Lipinski definition) is 0. The number of piperazine rings is 1. The van der Waals surface area contributed by atoms with E-state index >= 15 is 0 Å². The Kier molecular flexibility index (Phi) is 9.76. The van der Waals surface area contributed by atoms with Gasteiger partial charge in [-0.15, -0.1) is 0 Å². The summed E-state index contributed by atoms with van der Waals surface area (Å²) in [5.41, 5.74) is 3.18. The monoisotopic (exact) mass is 599 g/mol. The van der Waals surface area contributed by atoms with E-state index in [1.165, 1.54) is 41.8 Å². The van der Waals surface area contributed by atoms with Crippen LogP contribution in [0.25, 0.3) is 0 Å². The number of methoxy groups -OCH3 is 2. The van der Waals surface area contributed by atoms with Gasteiger partial charge in [0.1, 0.15) is 0 Å². The Balaban J connectivity index is 1.34. The number of rotatable bonds is 11. The summed E-state index contributed by atoms with van der Waals surface area (Å²) in [6.07, 6.45) is 0. The lowest BCUT2D eigenvalue weighted by atomic mass is 9.96. The summed E-state index contributed by atoms with van der Waals surface area (Å²) in [6, 6.07) is 34.6. The quantitative estimate of drug-likeness (QED) is 0.246. The normalized spacial score (nSPS) is 14.2. The van der Waals surface area contributed by atoms with Crippen molar-refractivity contribution >= 4 is 15.9 Å². The van der Waals surface area contributed by atoms with Gasteiger partial charge >= 0.3 is 0 Å². The number of carbonyl (C=O) groups excluding carboxylic acids is 1. The van der Waals surface area contributed by atoms with E-state index in [2.05, 4.69) is 29.2 Å². The molecule has 1 amide bonds. The molecule has 0 N–H and O–H groups in total. The van der Waals surface area contributed by atoms with Gasteiger partial charge in [-0.1, -0.05) is 91.0 Å². The topological polar surface area (TPSA) is 79.4 Å². The second-order valence-corrected chi connectivity index (χ2v) is 12.4. The first-order chi connectivity index (χ1) is 20.9. The highest BCUT2D eigenvalue weighted by atomic mass is 32.2. The first kappa shape index (κ1) is 30.3. The first-order valence-corrected chi connectivity index (χ1v) is 15.7. The van der Waals surface area contributed by atoms with Crippen molar-refractivity contribution in [3.05, 3.63) is 126 Å². The molecule has 1 aliphatic rings. The Morgan fingerprint density at radius 3 is 1.81 bits per heavy atom. The third kappa shape index (κ3) is 7.07. The van der Waals surface area contributed by atoms with E-state index in [0.717, 1.165) is 5.56 Å². The molecule has 0 atom stereocenters. The zero-order valence-corrected chi connectivity index (χ0v) is 25.3. The third-order valence-electron chi connectivity index (χ3n) is 7.77. The molecule has 0 aliphatic carbocycles. The smallest absolute Gasteiger partial charge is 0.243 e. The second kappa shape index (κ2) is 13.9. The van der Waals surface area contributed by atoms with E-state index in [-0.39, 0.29) is 29.9 Å². The van der Waals surface area contributed by atoms with E-state index in [1.807, 2.05) is 66.7 Å². The maximum atomic E-state index is 13.9. The molecule has 1 heterocycles. The number of ether oxygens (including phenoxy) is 2. The fourth-order valence-corrected chi connectivity index (χ4v) is 6.90. The van der Waals surface area contributed by atoms with Crippen LogP contribution in [-0.2, 0) is 21.4 Å². The minimum absolute atomic E-state index is 0.0345. The molecule has 5 rings (SSSR count).